The summed E-state index contributed by atoms with van der Waals surface area (Å²) in [6.45, 7) is 7.38. The molecular weight excluding hydrogens is 244 g/mol. The van der Waals surface area contributed by atoms with Gasteiger partial charge in [0.15, 0.2) is 0 Å². The summed E-state index contributed by atoms with van der Waals surface area (Å²) in [5.74, 6) is 0. The minimum absolute atomic E-state index is 0.592. The van der Waals surface area contributed by atoms with Gasteiger partial charge in [-0.3, -0.25) is 4.90 Å². The molecule has 3 rings (SSSR count). The molecule has 0 aromatic heterocycles. The van der Waals surface area contributed by atoms with Crippen molar-refractivity contribution >= 4 is 0 Å². The highest BCUT2D eigenvalue weighted by Gasteiger charge is 2.32. The van der Waals surface area contributed by atoms with Crippen LogP contribution in [0, 0.1) is 5.41 Å². The van der Waals surface area contributed by atoms with Crippen LogP contribution in [0.3, 0.4) is 0 Å². The normalized spacial score (nSPS) is 26.8. The lowest BCUT2D eigenvalue weighted by Gasteiger charge is -2.38. The maximum absolute atomic E-state index is 3.69. The van der Waals surface area contributed by atoms with Gasteiger partial charge in [-0.1, -0.05) is 50.1 Å². The fraction of sp³-hybridized carbons (Fsp3) is 0.667. The molecule has 0 spiro atoms. The average Bonchev–Trinajstić information content (AvgIpc) is 2.87. The zero-order chi connectivity index (χ0) is 13.8. The molecule has 1 aromatic carbocycles. The van der Waals surface area contributed by atoms with Crippen LogP contribution in [-0.2, 0) is 6.42 Å². The smallest absolute Gasteiger partial charge is 0.0235 e. The second kappa shape index (κ2) is 6.28. The van der Waals surface area contributed by atoms with Gasteiger partial charge in [-0.2, -0.15) is 0 Å². The molecule has 1 aliphatic carbocycles. The van der Waals surface area contributed by atoms with Crippen molar-refractivity contribution in [2.24, 2.45) is 5.41 Å². The maximum atomic E-state index is 3.69. The first-order valence-electron chi connectivity index (χ1n) is 8.23. The second-order valence-electron chi connectivity index (χ2n) is 7.09. The van der Waals surface area contributed by atoms with Crippen LogP contribution in [0.25, 0.3) is 0 Å². The predicted octanol–water partition coefficient (Wildman–Crippen LogP) is 3.08. The Labute approximate surface area is 123 Å². The Balaban J connectivity index is 1.54. The van der Waals surface area contributed by atoms with Gasteiger partial charge < -0.3 is 5.32 Å². The topological polar surface area (TPSA) is 15.3 Å². The van der Waals surface area contributed by atoms with Crippen LogP contribution >= 0.6 is 0 Å². The summed E-state index contributed by atoms with van der Waals surface area (Å²) in [6.07, 6.45) is 6.90. The van der Waals surface area contributed by atoms with Crippen LogP contribution < -0.4 is 5.32 Å². The molecule has 0 radical (unpaired) electrons. The Morgan fingerprint density at radius 2 is 1.95 bits per heavy atom. The zero-order valence-electron chi connectivity index (χ0n) is 12.8. The van der Waals surface area contributed by atoms with Crippen LogP contribution in [0.2, 0.25) is 0 Å². The fourth-order valence-electron chi connectivity index (χ4n) is 4.00. The molecule has 0 bridgehead atoms. The van der Waals surface area contributed by atoms with E-state index >= 15 is 0 Å². The van der Waals surface area contributed by atoms with Crippen molar-refractivity contribution < 1.29 is 0 Å². The van der Waals surface area contributed by atoms with Gasteiger partial charge in [0.2, 0.25) is 0 Å². The summed E-state index contributed by atoms with van der Waals surface area (Å²) in [5.41, 5.74) is 2.05. The maximum Gasteiger partial charge on any atom is 0.0235 e. The first-order chi connectivity index (χ1) is 9.73. The Morgan fingerprint density at radius 1 is 1.20 bits per heavy atom. The monoisotopic (exact) mass is 272 g/mol. The van der Waals surface area contributed by atoms with E-state index in [4.69, 9.17) is 0 Å². The van der Waals surface area contributed by atoms with E-state index in [0.717, 1.165) is 13.0 Å². The van der Waals surface area contributed by atoms with Crippen molar-refractivity contribution in [2.75, 3.05) is 26.2 Å². The highest BCUT2D eigenvalue weighted by atomic mass is 15.2. The van der Waals surface area contributed by atoms with Gasteiger partial charge in [0.25, 0.3) is 0 Å². The highest BCUT2D eigenvalue weighted by molar-refractivity contribution is 5.16. The van der Waals surface area contributed by atoms with Crippen molar-refractivity contribution in [2.45, 2.75) is 45.1 Å². The van der Waals surface area contributed by atoms with Gasteiger partial charge in [0, 0.05) is 32.2 Å². The summed E-state index contributed by atoms with van der Waals surface area (Å²) >= 11 is 0. The van der Waals surface area contributed by atoms with Crippen molar-refractivity contribution in [3.63, 3.8) is 0 Å². The lowest BCUT2D eigenvalue weighted by Crippen LogP contribution is -2.53. The van der Waals surface area contributed by atoms with Gasteiger partial charge >= 0.3 is 0 Å². The zero-order valence-corrected chi connectivity index (χ0v) is 12.8. The molecule has 1 aromatic rings. The molecule has 110 valence electrons. The van der Waals surface area contributed by atoms with E-state index in [0.29, 0.717) is 11.5 Å². The molecule has 1 N–H and O–H groups in total. The Kier molecular flexibility index (Phi) is 4.42. The van der Waals surface area contributed by atoms with Gasteiger partial charge in [0.05, 0.1) is 0 Å². The van der Waals surface area contributed by atoms with E-state index in [1.54, 1.807) is 0 Å². The van der Waals surface area contributed by atoms with E-state index in [1.807, 2.05) is 0 Å². The fourth-order valence-corrected chi connectivity index (χ4v) is 4.00. The molecule has 0 amide bonds. The second-order valence-corrected chi connectivity index (χ2v) is 7.09. The predicted molar refractivity (Wildman–Crippen MR) is 85.0 cm³/mol. The van der Waals surface area contributed by atoms with Crippen LogP contribution in [0.1, 0.15) is 38.2 Å². The Morgan fingerprint density at radius 3 is 2.70 bits per heavy atom. The van der Waals surface area contributed by atoms with Gasteiger partial charge in [-0.15, -0.1) is 0 Å². The van der Waals surface area contributed by atoms with Crippen molar-refractivity contribution in [1.29, 1.82) is 0 Å². The molecule has 1 aliphatic heterocycles. The largest absolute Gasteiger partial charge is 0.311 e. The molecule has 1 unspecified atom stereocenters. The summed E-state index contributed by atoms with van der Waals surface area (Å²) in [7, 11) is 0. The number of rotatable bonds is 4. The van der Waals surface area contributed by atoms with Crippen molar-refractivity contribution in [1.82, 2.24) is 10.2 Å². The third-order valence-electron chi connectivity index (χ3n) is 5.08. The molecule has 20 heavy (non-hydrogen) atoms. The van der Waals surface area contributed by atoms with Gasteiger partial charge in [-0.05, 0) is 30.2 Å². The third-order valence-corrected chi connectivity index (χ3v) is 5.08. The molecule has 1 heterocycles. The van der Waals surface area contributed by atoms with Crippen LogP contribution in [-0.4, -0.2) is 37.1 Å². The highest BCUT2D eigenvalue weighted by Crippen LogP contribution is 2.38. The number of benzene rings is 1. The van der Waals surface area contributed by atoms with E-state index in [9.17, 15) is 0 Å². The minimum Gasteiger partial charge on any atom is -0.311 e. The molecule has 2 heteroatoms. The number of nitrogens with one attached hydrogen (secondary N) is 1. The number of piperazine rings is 1. The van der Waals surface area contributed by atoms with Crippen LogP contribution in [0.15, 0.2) is 30.3 Å². The van der Waals surface area contributed by atoms with Gasteiger partial charge in [-0.25, -0.2) is 0 Å². The molecule has 2 fully saturated rings. The van der Waals surface area contributed by atoms with Gasteiger partial charge in [0.1, 0.15) is 0 Å². The third kappa shape index (κ3) is 3.62. The molecular formula is C18H28N2. The van der Waals surface area contributed by atoms with Crippen molar-refractivity contribution in [3.05, 3.63) is 35.9 Å². The van der Waals surface area contributed by atoms with E-state index in [2.05, 4.69) is 47.5 Å². The van der Waals surface area contributed by atoms with E-state index in [1.165, 1.54) is 50.9 Å². The summed E-state index contributed by atoms with van der Waals surface area (Å²) in [4.78, 5) is 2.70. The lowest BCUT2D eigenvalue weighted by atomic mass is 9.87. The quantitative estimate of drug-likeness (QED) is 0.906. The minimum atomic E-state index is 0.592. The first-order valence-corrected chi connectivity index (χ1v) is 8.23. The Hall–Kier alpha value is -0.860. The van der Waals surface area contributed by atoms with Crippen molar-refractivity contribution in [3.8, 4) is 0 Å². The SMILES string of the molecule is CC1(CN2CCNC(Cc3ccccc3)C2)CCCC1. The number of hydrogen-bond acceptors (Lipinski definition) is 2. The van der Waals surface area contributed by atoms with Crippen LogP contribution in [0.4, 0.5) is 0 Å². The molecule has 2 aliphatic rings. The standard InChI is InChI=1S/C18H28N2/c1-18(9-5-6-10-18)15-20-12-11-19-17(14-20)13-16-7-3-2-4-8-16/h2-4,7-8,17,19H,5-6,9-15H2,1H3. The summed E-state index contributed by atoms with van der Waals surface area (Å²) in [5, 5.41) is 3.69. The Bertz CT molecular complexity index is 409. The average molecular weight is 272 g/mol. The molecule has 1 saturated carbocycles. The van der Waals surface area contributed by atoms with Crippen LogP contribution in [0.5, 0.6) is 0 Å². The number of hydrogen-bond donors (Lipinski definition) is 1. The summed E-state index contributed by atoms with van der Waals surface area (Å²) < 4.78 is 0. The number of nitrogens with zero attached hydrogens (tertiary/aromatic N) is 1. The first kappa shape index (κ1) is 14.1. The summed E-state index contributed by atoms with van der Waals surface area (Å²) in [6, 6.07) is 11.5. The van der Waals surface area contributed by atoms with E-state index in [-0.39, 0.29) is 0 Å². The molecule has 1 saturated heterocycles. The lowest BCUT2D eigenvalue weighted by molar-refractivity contribution is 0.130. The van der Waals surface area contributed by atoms with E-state index < -0.39 is 0 Å². The molecule has 2 nitrogen and oxygen atoms in total. The molecule has 1 atom stereocenters.